The Kier molecular flexibility index (Phi) is 5.74. The van der Waals surface area contributed by atoms with Crippen molar-refractivity contribution in [2.24, 2.45) is 0 Å². The van der Waals surface area contributed by atoms with Gasteiger partial charge in [-0.1, -0.05) is 16.8 Å². The van der Waals surface area contributed by atoms with Crippen LogP contribution < -0.4 is 9.64 Å². The van der Waals surface area contributed by atoms with Gasteiger partial charge >= 0.3 is 0 Å². The molecule has 1 aliphatic rings. The molecule has 5 rings (SSSR count). The van der Waals surface area contributed by atoms with Crippen molar-refractivity contribution >= 4 is 34.5 Å². The minimum atomic E-state index is -0.329. The zero-order valence-electron chi connectivity index (χ0n) is 17.4. The molecular weight excluding hydrogens is 449 g/mol. The largest absolute Gasteiger partial charge is 0.484 e. The SMILES string of the molecule is O=C(COc1ccc(Cl)cc1)N1CCN(c2ncnc3c2nnn3-c2ccc(F)cc2)CC1. The second-order valence-electron chi connectivity index (χ2n) is 7.46. The van der Waals surface area contributed by atoms with Gasteiger partial charge in [-0.2, -0.15) is 4.68 Å². The van der Waals surface area contributed by atoms with Gasteiger partial charge in [0.1, 0.15) is 17.9 Å². The van der Waals surface area contributed by atoms with Gasteiger partial charge in [0.25, 0.3) is 5.91 Å². The van der Waals surface area contributed by atoms with Crippen LogP contribution in [0.2, 0.25) is 5.02 Å². The molecule has 1 aliphatic heterocycles. The van der Waals surface area contributed by atoms with Crippen molar-refractivity contribution in [3.63, 3.8) is 0 Å². The number of nitrogens with zero attached hydrogens (tertiary/aromatic N) is 7. The van der Waals surface area contributed by atoms with E-state index in [0.29, 0.717) is 59.6 Å². The predicted molar refractivity (Wildman–Crippen MR) is 120 cm³/mol. The fraction of sp³-hybridized carbons (Fsp3) is 0.227. The normalized spacial score (nSPS) is 14.0. The average Bonchev–Trinajstić information content (AvgIpc) is 3.28. The number of rotatable bonds is 5. The van der Waals surface area contributed by atoms with E-state index in [1.54, 1.807) is 46.0 Å². The lowest BCUT2D eigenvalue weighted by atomic mass is 10.3. The summed E-state index contributed by atoms with van der Waals surface area (Å²) in [7, 11) is 0. The summed E-state index contributed by atoms with van der Waals surface area (Å²) in [5, 5.41) is 9.05. The molecule has 0 aliphatic carbocycles. The Bertz CT molecular complexity index is 1270. The second-order valence-corrected chi connectivity index (χ2v) is 7.89. The Morgan fingerprint density at radius 3 is 2.45 bits per heavy atom. The van der Waals surface area contributed by atoms with Crippen LogP contribution in [-0.2, 0) is 4.79 Å². The van der Waals surface area contributed by atoms with Gasteiger partial charge in [0.05, 0.1) is 5.69 Å². The molecule has 0 atom stereocenters. The van der Waals surface area contributed by atoms with E-state index >= 15 is 0 Å². The van der Waals surface area contributed by atoms with Crippen molar-refractivity contribution in [2.75, 3.05) is 37.7 Å². The Hall–Kier alpha value is -3.79. The van der Waals surface area contributed by atoms with Crippen molar-refractivity contribution in [3.05, 3.63) is 65.7 Å². The molecule has 11 heteroatoms. The summed E-state index contributed by atoms with van der Waals surface area (Å²) < 4.78 is 20.4. The number of fused-ring (bicyclic) bond motifs is 1. The highest BCUT2D eigenvalue weighted by molar-refractivity contribution is 6.30. The number of benzene rings is 2. The minimum absolute atomic E-state index is 0.0363. The lowest BCUT2D eigenvalue weighted by molar-refractivity contribution is -0.133. The quantitative estimate of drug-likeness (QED) is 0.446. The number of anilines is 1. The zero-order valence-corrected chi connectivity index (χ0v) is 18.2. The lowest BCUT2D eigenvalue weighted by Crippen LogP contribution is -2.50. The molecule has 9 nitrogen and oxygen atoms in total. The van der Waals surface area contributed by atoms with E-state index in [2.05, 4.69) is 25.2 Å². The number of carbonyl (C=O) groups excluding carboxylic acids is 1. The Morgan fingerprint density at radius 1 is 1.00 bits per heavy atom. The first-order valence-electron chi connectivity index (χ1n) is 10.3. The monoisotopic (exact) mass is 467 g/mol. The highest BCUT2D eigenvalue weighted by Crippen LogP contribution is 2.24. The van der Waals surface area contributed by atoms with E-state index in [1.165, 1.54) is 18.5 Å². The van der Waals surface area contributed by atoms with Gasteiger partial charge in [-0.25, -0.2) is 14.4 Å². The molecule has 168 valence electrons. The molecule has 0 radical (unpaired) electrons. The van der Waals surface area contributed by atoms with Crippen molar-refractivity contribution in [3.8, 4) is 11.4 Å². The first-order chi connectivity index (χ1) is 16.1. The van der Waals surface area contributed by atoms with Crippen LogP contribution >= 0.6 is 11.6 Å². The van der Waals surface area contributed by atoms with Gasteiger partial charge in [-0.05, 0) is 48.5 Å². The molecule has 3 heterocycles. The molecular formula is C22H19ClFN7O2. The molecule has 0 unspecified atom stereocenters. The van der Waals surface area contributed by atoms with Crippen LogP contribution in [0.25, 0.3) is 16.9 Å². The molecule has 1 amide bonds. The summed E-state index contributed by atoms with van der Waals surface area (Å²) in [5.74, 6) is 0.834. The van der Waals surface area contributed by atoms with Gasteiger partial charge in [-0.3, -0.25) is 4.79 Å². The maximum absolute atomic E-state index is 13.3. The number of halogens is 2. The number of hydrogen-bond donors (Lipinski definition) is 0. The van der Waals surface area contributed by atoms with Crippen LogP contribution in [0, 0.1) is 5.82 Å². The first kappa shape index (κ1) is 21.1. The maximum atomic E-state index is 13.3. The first-order valence-corrected chi connectivity index (χ1v) is 10.7. The van der Waals surface area contributed by atoms with Gasteiger partial charge in [-0.15, -0.1) is 5.10 Å². The summed E-state index contributed by atoms with van der Waals surface area (Å²) in [6, 6.07) is 12.8. The third-order valence-corrected chi connectivity index (χ3v) is 5.65. The third-order valence-electron chi connectivity index (χ3n) is 5.40. The average molecular weight is 468 g/mol. The Balaban J connectivity index is 1.25. The number of aromatic nitrogens is 5. The molecule has 1 saturated heterocycles. The van der Waals surface area contributed by atoms with Gasteiger partial charge in [0.2, 0.25) is 0 Å². The van der Waals surface area contributed by atoms with E-state index in [-0.39, 0.29) is 18.3 Å². The highest BCUT2D eigenvalue weighted by atomic mass is 35.5. The topological polar surface area (TPSA) is 89.3 Å². The Labute approximate surface area is 193 Å². The van der Waals surface area contributed by atoms with E-state index in [0.717, 1.165) is 0 Å². The third kappa shape index (κ3) is 4.42. The van der Waals surface area contributed by atoms with E-state index in [9.17, 15) is 9.18 Å². The van der Waals surface area contributed by atoms with Crippen LogP contribution in [0.1, 0.15) is 0 Å². The second kappa shape index (κ2) is 8.99. The van der Waals surface area contributed by atoms with Crippen LogP contribution in [0.15, 0.2) is 54.9 Å². The van der Waals surface area contributed by atoms with E-state index in [1.807, 2.05) is 0 Å². The van der Waals surface area contributed by atoms with Crippen molar-refractivity contribution < 1.29 is 13.9 Å². The van der Waals surface area contributed by atoms with Gasteiger partial charge in [0, 0.05) is 31.2 Å². The van der Waals surface area contributed by atoms with Crippen molar-refractivity contribution in [1.82, 2.24) is 29.9 Å². The molecule has 2 aromatic heterocycles. The predicted octanol–water partition coefficient (Wildman–Crippen LogP) is 2.73. The van der Waals surface area contributed by atoms with E-state index < -0.39 is 0 Å². The molecule has 33 heavy (non-hydrogen) atoms. The van der Waals surface area contributed by atoms with Crippen molar-refractivity contribution in [2.45, 2.75) is 0 Å². The Morgan fingerprint density at radius 2 is 1.73 bits per heavy atom. The summed E-state index contributed by atoms with van der Waals surface area (Å²) in [5.41, 5.74) is 1.73. The molecule has 0 bridgehead atoms. The van der Waals surface area contributed by atoms with Crippen LogP contribution in [0.3, 0.4) is 0 Å². The maximum Gasteiger partial charge on any atom is 0.260 e. The molecule has 0 N–H and O–H groups in total. The summed E-state index contributed by atoms with van der Waals surface area (Å²) in [4.78, 5) is 25.1. The van der Waals surface area contributed by atoms with Crippen LogP contribution in [0.4, 0.5) is 10.2 Å². The summed E-state index contributed by atoms with van der Waals surface area (Å²) >= 11 is 5.87. The number of amides is 1. The molecule has 4 aromatic rings. The molecule has 1 fully saturated rings. The van der Waals surface area contributed by atoms with Gasteiger partial charge < -0.3 is 14.5 Å². The van der Waals surface area contributed by atoms with Crippen LogP contribution in [0.5, 0.6) is 5.75 Å². The summed E-state index contributed by atoms with van der Waals surface area (Å²) in [6.45, 7) is 2.19. The summed E-state index contributed by atoms with van der Waals surface area (Å²) in [6.07, 6.45) is 1.46. The fourth-order valence-electron chi connectivity index (χ4n) is 3.66. The fourth-order valence-corrected chi connectivity index (χ4v) is 3.79. The highest BCUT2D eigenvalue weighted by Gasteiger charge is 2.25. The van der Waals surface area contributed by atoms with Crippen molar-refractivity contribution in [1.29, 1.82) is 0 Å². The number of carbonyl (C=O) groups is 1. The molecule has 0 saturated carbocycles. The zero-order chi connectivity index (χ0) is 22.8. The lowest BCUT2D eigenvalue weighted by Gasteiger charge is -2.35. The minimum Gasteiger partial charge on any atom is -0.484 e. The number of hydrogen-bond acceptors (Lipinski definition) is 7. The number of piperazine rings is 1. The molecule has 2 aromatic carbocycles. The van der Waals surface area contributed by atoms with Gasteiger partial charge in [0.15, 0.2) is 23.6 Å². The standard InChI is InChI=1S/C22H19ClFN7O2/c23-15-1-7-18(8-2-15)33-13-19(32)29-9-11-30(12-10-29)21-20-22(26-14-25-21)31(28-27-20)17-5-3-16(24)4-6-17/h1-8,14H,9-13H2. The van der Waals surface area contributed by atoms with Crippen LogP contribution in [-0.4, -0.2) is 68.6 Å². The van der Waals surface area contributed by atoms with E-state index in [4.69, 9.17) is 16.3 Å². The number of ether oxygens (including phenoxy) is 1. The smallest absolute Gasteiger partial charge is 0.260 e. The molecule has 0 spiro atoms.